The minimum absolute atomic E-state index is 0.0353. The molecular weight excluding hydrogens is 461 g/mol. The van der Waals surface area contributed by atoms with Gasteiger partial charge >= 0.3 is 6.18 Å². The first-order valence-corrected chi connectivity index (χ1v) is 11.5. The molecule has 0 radical (unpaired) electrons. The van der Waals surface area contributed by atoms with Crippen molar-refractivity contribution in [2.45, 2.75) is 24.5 Å². The zero-order valence-corrected chi connectivity index (χ0v) is 18.4. The van der Waals surface area contributed by atoms with Crippen LogP contribution in [0.25, 0.3) is 0 Å². The highest BCUT2D eigenvalue weighted by molar-refractivity contribution is 8.04. The van der Waals surface area contributed by atoms with Crippen LogP contribution >= 0.6 is 11.8 Å². The molecule has 2 amide bonds. The quantitative estimate of drug-likeness (QED) is 0.257. The van der Waals surface area contributed by atoms with Crippen LogP contribution in [0.5, 0.6) is 0 Å². The maximum Gasteiger partial charge on any atom is 0.399 e. The predicted octanol–water partition coefficient (Wildman–Crippen LogP) is -1.27. The lowest BCUT2D eigenvalue weighted by molar-refractivity contribution is -0.148. The minimum atomic E-state index is -4.50. The van der Waals surface area contributed by atoms with E-state index in [4.69, 9.17) is 0 Å². The third kappa shape index (κ3) is 5.78. The fourth-order valence-electron chi connectivity index (χ4n) is 3.89. The number of nitrogens with zero attached hydrogens (tertiary/aromatic N) is 2. The molecule has 0 spiro atoms. The van der Waals surface area contributed by atoms with Crippen molar-refractivity contribution in [2.24, 2.45) is 10.9 Å². The van der Waals surface area contributed by atoms with E-state index < -0.39 is 18.0 Å². The van der Waals surface area contributed by atoms with E-state index in [2.05, 4.69) is 47.7 Å². The summed E-state index contributed by atoms with van der Waals surface area (Å²) in [6.45, 7) is 2.33. The average molecular weight is 487 g/mol. The van der Waals surface area contributed by atoms with E-state index in [1.54, 1.807) is 0 Å². The largest absolute Gasteiger partial charge is 0.399 e. The fraction of sp³-hybridized carbons (Fsp3) is 0.579. The molecule has 180 valence electrons. The molecule has 2 fully saturated rings. The second-order valence-corrected chi connectivity index (χ2v) is 8.87. The molecule has 2 saturated heterocycles. The van der Waals surface area contributed by atoms with E-state index in [0.29, 0.717) is 18.2 Å². The Bertz CT molecular complexity index is 902. The Hall–Kier alpha value is -2.35. The molecule has 0 bridgehead atoms. The van der Waals surface area contributed by atoms with E-state index >= 15 is 0 Å². The molecule has 4 rings (SSSR count). The van der Waals surface area contributed by atoms with Gasteiger partial charge in [-0.15, -0.1) is 11.8 Å². The summed E-state index contributed by atoms with van der Waals surface area (Å²) < 4.78 is 38.4. The molecule has 14 heteroatoms. The maximum absolute atomic E-state index is 12.8. The average Bonchev–Trinajstić information content (AvgIpc) is 3.30. The molecular formula is C19H25F3N8O2S. The van der Waals surface area contributed by atoms with Gasteiger partial charge in [-0.2, -0.15) is 13.2 Å². The summed E-state index contributed by atoms with van der Waals surface area (Å²) in [7, 11) is 0. The Morgan fingerprint density at radius 2 is 1.88 bits per heavy atom. The molecule has 0 aromatic heterocycles. The second kappa shape index (κ2) is 10.3. The number of halogens is 3. The number of rotatable bonds is 6. The molecule has 10 nitrogen and oxygen atoms in total. The van der Waals surface area contributed by atoms with Crippen LogP contribution in [0.15, 0.2) is 33.9 Å². The van der Waals surface area contributed by atoms with Crippen molar-refractivity contribution in [1.82, 2.24) is 36.8 Å². The molecule has 4 atom stereocenters. The molecule has 4 heterocycles. The number of allylic oxidation sites excluding steroid dienone is 2. The Balaban J connectivity index is 1.25. The van der Waals surface area contributed by atoms with Gasteiger partial charge in [0.1, 0.15) is 11.6 Å². The van der Waals surface area contributed by atoms with E-state index in [0.717, 1.165) is 24.4 Å². The topological polar surface area (TPSA) is 122 Å². The number of amides is 2. The highest BCUT2D eigenvalue weighted by atomic mass is 32.2. The predicted molar refractivity (Wildman–Crippen MR) is 117 cm³/mol. The van der Waals surface area contributed by atoms with Crippen LogP contribution in [-0.4, -0.2) is 85.9 Å². The Kier molecular flexibility index (Phi) is 7.41. The Morgan fingerprint density at radius 1 is 1.15 bits per heavy atom. The van der Waals surface area contributed by atoms with E-state index in [1.165, 1.54) is 11.8 Å². The van der Waals surface area contributed by atoms with Gasteiger partial charge in [-0.1, -0.05) is 0 Å². The van der Waals surface area contributed by atoms with Crippen molar-refractivity contribution in [3.63, 3.8) is 0 Å². The number of carbonyl (C=O) groups is 2. The van der Waals surface area contributed by atoms with Crippen molar-refractivity contribution in [3.05, 3.63) is 29.0 Å². The Morgan fingerprint density at radius 3 is 2.64 bits per heavy atom. The zero-order chi connectivity index (χ0) is 23.4. The first kappa shape index (κ1) is 23.8. The summed E-state index contributed by atoms with van der Waals surface area (Å²) in [5.74, 6) is -0.0366. The van der Waals surface area contributed by atoms with Crippen molar-refractivity contribution >= 4 is 29.4 Å². The SMILES string of the molecule is O=C(NCCNC(=O)C1=CN(C2NCNC3NCNC32)CCS1)C1=CC(C(F)(F)F)C=C=N1. The number of alkyl halides is 3. The molecule has 4 aliphatic heterocycles. The minimum Gasteiger partial charge on any atom is -0.358 e. The lowest BCUT2D eigenvalue weighted by atomic mass is 10.1. The second-order valence-electron chi connectivity index (χ2n) is 7.74. The van der Waals surface area contributed by atoms with Gasteiger partial charge in [0.15, 0.2) is 0 Å². The summed E-state index contributed by atoms with van der Waals surface area (Å²) in [4.78, 5) is 30.9. The summed E-state index contributed by atoms with van der Waals surface area (Å²) in [5.41, 5.74) is -0.352. The molecule has 0 aromatic rings. The number of hydrogen-bond donors (Lipinski definition) is 6. The van der Waals surface area contributed by atoms with Gasteiger partial charge in [-0.3, -0.25) is 30.9 Å². The third-order valence-electron chi connectivity index (χ3n) is 5.55. The van der Waals surface area contributed by atoms with Gasteiger partial charge in [0, 0.05) is 44.9 Å². The summed E-state index contributed by atoms with van der Waals surface area (Å²) in [6.07, 6.45) is -0.964. The van der Waals surface area contributed by atoms with Crippen molar-refractivity contribution in [1.29, 1.82) is 0 Å². The summed E-state index contributed by atoms with van der Waals surface area (Å²) in [6, 6.07) is 0.154. The van der Waals surface area contributed by atoms with Gasteiger partial charge in [0.2, 0.25) is 0 Å². The van der Waals surface area contributed by atoms with Crippen LogP contribution < -0.4 is 31.9 Å². The smallest absolute Gasteiger partial charge is 0.358 e. The lowest BCUT2D eigenvalue weighted by Crippen LogP contribution is -2.68. The standard InChI is InChI=1S/C19H25F3N8O2S/c20-19(21,22)11-1-2-23-12(7-11)17(31)24-3-4-25-18(32)13-8-30(5-6-33-13)16-14-15(27-9-26-14)28-10-29-16/h1,7-8,11,14-16,26-29H,3-6,9-10H2,(H,24,31)(H,25,32). The zero-order valence-electron chi connectivity index (χ0n) is 17.5. The molecule has 4 aliphatic rings. The van der Waals surface area contributed by atoms with Crippen molar-refractivity contribution in [3.8, 4) is 0 Å². The molecule has 0 saturated carbocycles. The van der Waals surface area contributed by atoms with E-state index in [-0.39, 0.29) is 43.1 Å². The van der Waals surface area contributed by atoms with Crippen LogP contribution in [0.3, 0.4) is 0 Å². The normalized spacial score (nSPS) is 29.2. The first-order valence-electron chi connectivity index (χ1n) is 10.5. The lowest BCUT2D eigenvalue weighted by Gasteiger charge is -2.42. The third-order valence-corrected chi connectivity index (χ3v) is 6.54. The molecule has 33 heavy (non-hydrogen) atoms. The number of carbonyl (C=O) groups excluding carboxylic acids is 2. The number of thioether (sulfide) groups is 1. The van der Waals surface area contributed by atoms with Crippen LogP contribution in [0.1, 0.15) is 0 Å². The van der Waals surface area contributed by atoms with E-state index in [9.17, 15) is 22.8 Å². The number of aliphatic imine (C=N–C) groups is 1. The number of nitrogens with one attached hydrogen (secondary N) is 6. The molecule has 0 aromatic carbocycles. The van der Waals surface area contributed by atoms with Crippen LogP contribution in [0, 0.1) is 5.92 Å². The van der Waals surface area contributed by atoms with Crippen LogP contribution in [0.2, 0.25) is 0 Å². The van der Waals surface area contributed by atoms with Gasteiger partial charge in [0.05, 0.1) is 23.3 Å². The first-order chi connectivity index (χ1) is 15.8. The van der Waals surface area contributed by atoms with Crippen LogP contribution in [-0.2, 0) is 9.59 Å². The van der Waals surface area contributed by atoms with Gasteiger partial charge in [0.25, 0.3) is 11.8 Å². The molecule has 4 unspecified atom stereocenters. The van der Waals surface area contributed by atoms with Gasteiger partial charge in [-0.25, -0.2) is 4.99 Å². The molecule has 0 aliphatic carbocycles. The number of hydrogen-bond acceptors (Lipinski definition) is 9. The molecule has 6 N–H and O–H groups in total. The maximum atomic E-state index is 12.8. The van der Waals surface area contributed by atoms with Crippen molar-refractivity contribution < 1.29 is 22.8 Å². The van der Waals surface area contributed by atoms with Gasteiger partial charge in [-0.05, 0) is 18.0 Å². The summed E-state index contributed by atoms with van der Waals surface area (Å²) >= 11 is 1.45. The summed E-state index contributed by atoms with van der Waals surface area (Å²) in [5, 5.41) is 18.7. The highest BCUT2D eigenvalue weighted by Gasteiger charge is 2.39. The number of fused-ring (bicyclic) bond motifs is 1. The Labute approximate surface area is 192 Å². The van der Waals surface area contributed by atoms with E-state index in [1.807, 2.05) is 6.20 Å². The monoisotopic (exact) mass is 486 g/mol. The van der Waals surface area contributed by atoms with Crippen LogP contribution in [0.4, 0.5) is 13.2 Å². The highest BCUT2D eigenvalue weighted by Crippen LogP contribution is 2.30. The van der Waals surface area contributed by atoms with Gasteiger partial charge < -0.3 is 15.5 Å². The van der Waals surface area contributed by atoms with Crippen molar-refractivity contribution in [2.75, 3.05) is 38.7 Å². The fourth-order valence-corrected chi connectivity index (χ4v) is 4.83.